The smallest absolute Gasteiger partial charge is 0.412 e. The summed E-state index contributed by atoms with van der Waals surface area (Å²) in [5, 5.41) is -0.246. The molecule has 1 aliphatic rings. The molecule has 8 heteroatoms. The first-order valence-corrected chi connectivity index (χ1v) is 6.78. The third-order valence-corrected chi connectivity index (χ3v) is 3.43. The molecule has 1 heterocycles. The minimum atomic E-state index is -4.61. The molecule has 0 bridgehead atoms. The highest BCUT2D eigenvalue weighted by atomic mass is 79.9. The van der Waals surface area contributed by atoms with Crippen molar-refractivity contribution in [1.82, 2.24) is 4.90 Å². The van der Waals surface area contributed by atoms with E-state index in [4.69, 9.17) is 4.74 Å². The molecule has 20 heavy (non-hydrogen) atoms. The van der Waals surface area contributed by atoms with Crippen LogP contribution in [0.3, 0.4) is 0 Å². The Hall–Kier alpha value is -1.31. The van der Waals surface area contributed by atoms with E-state index in [1.54, 1.807) is 0 Å². The Morgan fingerprint density at radius 1 is 1.45 bits per heavy atom. The number of fused-ring (bicyclic) bond motifs is 1. The minimum absolute atomic E-state index is 0.158. The number of benzene rings is 1. The topological polar surface area (TPSA) is 29.5 Å². The summed E-state index contributed by atoms with van der Waals surface area (Å²) in [4.78, 5) is 12.4. The van der Waals surface area contributed by atoms with Crippen molar-refractivity contribution >= 4 is 21.8 Å². The summed E-state index contributed by atoms with van der Waals surface area (Å²) in [5.74, 6) is -1.16. The van der Waals surface area contributed by atoms with Crippen LogP contribution in [-0.2, 0) is 11.3 Å². The number of hydrogen-bond donors (Lipinski definition) is 0. The fourth-order valence-electron chi connectivity index (χ4n) is 1.97. The van der Waals surface area contributed by atoms with Gasteiger partial charge >= 0.3 is 6.18 Å². The number of halogens is 5. The molecule has 0 N–H and O–H groups in total. The van der Waals surface area contributed by atoms with Gasteiger partial charge < -0.3 is 9.64 Å². The highest BCUT2D eigenvalue weighted by Gasteiger charge is 2.47. The summed E-state index contributed by atoms with van der Waals surface area (Å²) < 4.78 is 57.3. The Balaban J connectivity index is 2.39. The van der Waals surface area contributed by atoms with E-state index in [1.165, 1.54) is 6.07 Å². The lowest BCUT2D eigenvalue weighted by Gasteiger charge is -2.30. The van der Waals surface area contributed by atoms with E-state index in [0.29, 0.717) is 4.90 Å². The molecule has 0 aromatic heterocycles. The van der Waals surface area contributed by atoms with Gasteiger partial charge in [-0.05, 0) is 18.2 Å². The van der Waals surface area contributed by atoms with Crippen molar-refractivity contribution < 1.29 is 27.1 Å². The van der Waals surface area contributed by atoms with Crippen LogP contribution >= 0.6 is 15.9 Å². The Morgan fingerprint density at radius 2 is 2.15 bits per heavy atom. The van der Waals surface area contributed by atoms with Crippen molar-refractivity contribution in [3.63, 3.8) is 0 Å². The van der Waals surface area contributed by atoms with Gasteiger partial charge in [-0.15, -0.1) is 0 Å². The largest absolute Gasteiger partial charge is 0.491 e. The van der Waals surface area contributed by atoms with Crippen LogP contribution in [0, 0.1) is 5.82 Å². The summed E-state index contributed by atoms with van der Waals surface area (Å²) in [6, 6.07) is 1.38. The molecule has 1 aromatic rings. The predicted molar refractivity (Wildman–Crippen MR) is 66.1 cm³/mol. The third-order valence-electron chi connectivity index (χ3n) is 2.95. The lowest BCUT2D eigenvalue weighted by Crippen LogP contribution is -2.51. The van der Waals surface area contributed by atoms with Gasteiger partial charge in [0.05, 0.1) is 11.9 Å². The average Bonchev–Trinajstić information content (AvgIpc) is 2.56. The van der Waals surface area contributed by atoms with Crippen LogP contribution < -0.4 is 4.74 Å². The molecular weight excluding hydrogens is 346 g/mol. The first kappa shape index (κ1) is 15.1. The second kappa shape index (κ2) is 5.59. The van der Waals surface area contributed by atoms with Gasteiger partial charge in [0.15, 0.2) is 6.04 Å². The van der Waals surface area contributed by atoms with Crippen LogP contribution in [0.15, 0.2) is 18.2 Å². The van der Waals surface area contributed by atoms with Crippen LogP contribution in [0.25, 0.3) is 0 Å². The summed E-state index contributed by atoms with van der Waals surface area (Å²) in [6.07, 6.45) is -4.61. The molecule has 1 aliphatic heterocycles. The van der Waals surface area contributed by atoms with Gasteiger partial charge in [0.25, 0.3) is 0 Å². The quantitative estimate of drug-likeness (QED) is 0.572. The van der Waals surface area contributed by atoms with E-state index in [1.807, 2.05) is 0 Å². The molecule has 0 saturated heterocycles. The number of rotatable bonds is 1. The molecule has 0 radical (unpaired) electrons. The van der Waals surface area contributed by atoms with E-state index in [0.717, 1.165) is 12.1 Å². The maximum Gasteiger partial charge on any atom is 0.412 e. The van der Waals surface area contributed by atoms with Gasteiger partial charge in [0.1, 0.15) is 18.2 Å². The number of nitrogens with zero attached hydrogens (tertiary/aromatic N) is 1. The maximum atomic E-state index is 13.2. The van der Waals surface area contributed by atoms with Crippen molar-refractivity contribution in [1.29, 1.82) is 0 Å². The van der Waals surface area contributed by atoms with Crippen LogP contribution in [0.5, 0.6) is 5.75 Å². The zero-order chi connectivity index (χ0) is 14.9. The number of carbonyl (C=O) groups excluding carboxylic acids is 1. The summed E-state index contributed by atoms with van der Waals surface area (Å²) in [5.41, 5.74) is 0.214. The minimum Gasteiger partial charge on any atom is -0.491 e. The summed E-state index contributed by atoms with van der Waals surface area (Å²) in [7, 11) is 0. The monoisotopic (exact) mass is 355 g/mol. The SMILES string of the molecule is O=C(CBr)N1Cc2cc(F)ccc2OC[C@@H]1C(F)(F)F. The van der Waals surface area contributed by atoms with Crippen molar-refractivity contribution in [3.8, 4) is 5.75 Å². The Labute approximate surface area is 120 Å². The Bertz CT molecular complexity index is 521. The van der Waals surface area contributed by atoms with Gasteiger partial charge in [-0.3, -0.25) is 4.79 Å². The van der Waals surface area contributed by atoms with Crippen molar-refractivity contribution in [2.75, 3.05) is 11.9 Å². The predicted octanol–water partition coefficient (Wildman–Crippen LogP) is 2.87. The Morgan fingerprint density at radius 3 is 2.75 bits per heavy atom. The van der Waals surface area contributed by atoms with E-state index in [2.05, 4.69) is 15.9 Å². The van der Waals surface area contributed by atoms with E-state index >= 15 is 0 Å². The van der Waals surface area contributed by atoms with Gasteiger partial charge in [0.2, 0.25) is 5.91 Å². The zero-order valence-corrected chi connectivity index (χ0v) is 11.7. The van der Waals surface area contributed by atoms with Crippen LogP contribution in [0.4, 0.5) is 17.6 Å². The van der Waals surface area contributed by atoms with Crippen LogP contribution in [0.1, 0.15) is 5.56 Å². The zero-order valence-electron chi connectivity index (χ0n) is 10.1. The van der Waals surface area contributed by atoms with Gasteiger partial charge in [-0.1, -0.05) is 15.9 Å². The van der Waals surface area contributed by atoms with E-state index < -0.39 is 30.5 Å². The fourth-order valence-corrected chi connectivity index (χ4v) is 2.30. The van der Waals surface area contributed by atoms with Gasteiger partial charge in [-0.2, -0.15) is 13.2 Å². The van der Waals surface area contributed by atoms with Crippen LogP contribution in [-0.4, -0.2) is 35.0 Å². The lowest BCUT2D eigenvalue weighted by atomic mass is 10.1. The molecule has 110 valence electrons. The average molecular weight is 356 g/mol. The van der Waals surface area contributed by atoms with E-state index in [9.17, 15) is 22.4 Å². The highest BCUT2D eigenvalue weighted by molar-refractivity contribution is 9.09. The first-order valence-electron chi connectivity index (χ1n) is 5.66. The third kappa shape index (κ3) is 3.05. The summed E-state index contributed by atoms with van der Waals surface area (Å²) in [6.45, 7) is -1.05. The van der Waals surface area contributed by atoms with E-state index in [-0.39, 0.29) is 23.2 Å². The number of alkyl halides is 4. The molecule has 0 spiro atoms. The molecule has 1 aromatic carbocycles. The Kier molecular flexibility index (Phi) is 4.22. The van der Waals surface area contributed by atoms with Gasteiger partial charge in [-0.25, -0.2) is 4.39 Å². The second-order valence-electron chi connectivity index (χ2n) is 4.28. The van der Waals surface area contributed by atoms with Crippen molar-refractivity contribution in [2.45, 2.75) is 18.8 Å². The van der Waals surface area contributed by atoms with Crippen molar-refractivity contribution in [3.05, 3.63) is 29.6 Å². The molecule has 0 aliphatic carbocycles. The number of hydrogen-bond acceptors (Lipinski definition) is 2. The molecule has 0 unspecified atom stereocenters. The first-order chi connectivity index (χ1) is 9.32. The molecule has 2 rings (SSSR count). The van der Waals surface area contributed by atoms with Crippen molar-refractivity contribution in [2.24, 2.45) is 0 Å². The maximum absolute atomic E-state index is 13.2. The number of carbonyl (C=O) groups is 1. The lowest BCUT2D eigenvalue weighted by molar-refractivity contribution is -0.194. The molecule has 1 amide bonds. The summed E-state index contributed by atoms with van der Waals surface area (Å²) >= 11 is 2.85. The molecule has 1 atom stereocenters. The molecular formula is C12H10BrF4NO2. The fraction of sp³-hybridized carbons (Fsp3) is 0.417. The normalized spacial score (nSPS) is 19.1. The van der Waals surface area contributed by atoms with Gasteiger partial charge in [0, 0.05) is 5.56 Å². The highest BCUT2D eigenvalue weighted by Crippen LogP contribution is 2.32. The van der Waals surface area contributed by atoms with Crippen LogP contribution in [0.2, 0.25) is 0 Å². The standard InChI is InChI=1S/C12H10BrF4NO2/c13-4-11(19)18-5-7-3-8(14)1-2-9(7)20-6-10(18)12(15,16)17/h1-3,10H,4-6H2/t10-/m1/s1. The molecule has 0 saturated carbocycles. The molecule has 3 nitrogen and oxygen atoms in total. The number of ether oxygens (including phenoxy) is 1. The molecule has 0 fully saturated rings. The number of amides is 1. The second-order valence-corrected chi connectivity index (χ2v) is 4.84.